The maximum absolute atomic E-state index is 11.0. The third-order valence-corrected chi connectivity index (χ3v) is 8.61. The molecule has 142 valence electrons. The molecule has 1 unspecified atom stereocenters. The number of hydrogen-bond donors (Lipinski definition) is 1. The lowest BCUT2D eigenvalue weighted by Gasteiger charge is -2.53. The highest BCUT2D eigenvalue weighted by molar-refractivity contribution is 5.66. The lowest BCUT2D eigenvalue weighted by molar-refractivity contribution is -0.137. The van der Waals surface area contributed by atoms with E-state index in [-0.39, 0.29) is 5.41 Å². The maximum atomic E-state index is 11.0. The van der Waals surface area contributed by atoms with E-state index in [4.69, 9.17) is 5.11 Å². The Hall–Kier alpha value is -1.31. The highest BCUT2D eigenvalue weighted by atomic mass is 16.4. The van der Waals surface area contributed by atoms with Crippen LogP contribution in [0, 0.1) is 40.4 Å². The Kier molecular flexibility index (Phi) is 4.44. The van der Waals surface area contributed by atoms with Crippen molar-refractivity contribution in [2.45, 2.75) is 65.7 Å². The summed E-state index contributed by atoms with van der Waals surface area (Å²) in [4.78, 5) is 11.0. The molecule has 4 aliphatic carbocycles. The van der Waals surface area contributed by atoms with Gasteiger partial charge in [0.15, 0.2) is 0 Å². The Balaban J connectivity index is 1.61. The van der Waals surface area contributed by atoms with E-state index in [1.54, 1.807) is 5.57 Å². The van der Waals surface area contributed by atoms with Crippen molar-refractivity contribution in [3.63, 3.8) is 0 Å². The van der Waals surface area contributed by atoms with Gasteiger partial charge in [-0.15, -0.1) is 0 Å². The minimum absolute atomic E-state index is 0.216. The lowest BCUT2D eigenvalue weighted by Crippen LogP contribution is -2.45. The van der Waals surface area contributed by atoms with E-state index < -0.39 is 5.97 Å². The first kappa shape index (κ1) is 18.1. The van der Waals surface area contributed by atoms with E-state index in [2.05, 4.69) is 51.2 Å². The van der Waals surface area contributed by atoms with Crippen molar-refractivity contribution in [3.05, 3.63) is 36.0 Å². The van der Waals surface area contributed by atoms with Crippen LogP contribution in [0.25, 0.3) is 0 Å². The molecular formula is C24H34O2. The van der Waals surface area contributed by atoms with Crippen LogP contribution in [-0.2, 0) is 4.79 Å². The molecule has 4 aliphatic rings. The summed E-state index contributed by atoms with van der Waals surface area (Å²) in [5.41, 5.74) is 2.33. The van der Waals surface area contributed by atoms with Crippen molar-refractivity contribution in [1.29, 1.82) is 0 Å². The second kappa shape index (κ2) is 6.39. The fourth-order valence-electron chi connectivity index (χ4n) is 7.00. The summed E-state index contributed by atoms with van der Waals surface area (Å²) in [6, 6.07) is 0. The molecule has 0 aromatic carbocycles. The molecule has 0 spiro atoms. The van der Waals surface area contributed by atoms with Crippen molar-refractivity contribution in [1.82, 2.24) is 0 Å². The van der Waals surface area contributed by atoms with Gasteiger partial charge in [0.1, 0.15) is 0 Å². The first-order chi connectivity index (χ1) is 12.4. The number of allylic oxidation sites excluding steroid dienone is 6. The van der Waals surface area contributed by atoms with Crippen LogP contribution in [0.1, 0.15) is 65.7 Å². The van der Waals surface area contributed by atoms with Crippen LogP contribution in [-0.4, -0.2) is 11.1 Å². The first-order valence-corrected chi connectivity index (χ1v) is 10.6. The van der Waals surface area contributed by atoms with E-state index >= 15 is 0 Å². The number of carbonyl (C=O) groups is 1. The summed E-state index contributed by atoms with van der Waals surface area (Å²) in [5, 5.41) is 9.07. The Labute approximate surface area is 158 Å². The summed E-state index contributed by atoms with van der Waals surface area (Å²) < 4.78 is 0. The topological polar surface area (TPSA) is 37.3 Å². The molecule has 1 fully saturated rings. The molecule has 1 saturated carbocycles. The van der Waals surface area contributed by atoms with Crippen molar-refractivity contribution in [3.8, 4) is 0 Å². The molecule has 2 heteroatoms. The van der Waals surface area contributed by atoms with E-state index in [0.29, 0.717) is 41.4 Å². The fraction of sp³-hybridized carbons (Fsp3) is 0.708. The Bertz CT molecular complexity index is 672. The molecule has 0 heterocycles. The number of carboxylic acids is 1. The van der Waals surface area contributed by atoms with Crippen molar-refractivity contribution >= 4 is 5.97 Å². The molecule has 26 heavy (non-hydrogen) atoms. The minimum Gasteiger partial charge on any atom is -0.481 e. The Morgan fingerprint density at radius 2 is 2.12 bits per heavy atom. The summed E-state index contributed by atoms with van der Waals surface area (Å²) in [5.74, 6) is 2.41. The third-order valence-electron chi connectivity index (χ3n) is 8.61. The van der Waals surface area contributed by atoms with Gasteiger partial charge in [-0.3, -0.25) is 4.79 Å². The zero-order chi connectivity index (χ0) is 18.5. The molecule has 7 atom stereocenters. The standard InChI is InChI=1S/C24H34O2/c1-16(7-12-22(25)26)19-10-11-20-18-9-8-17-6-4-5-14-23(17,2)21(18)13-15-24(19,20)3/h4,6,9,13,15-17,19-21H,5,7-8,10-12,14H2,1-3H3,(H,25,26)/t16-,17?,19-,20+,21+,23+,24-/m1/s1. The summed E-state index contributed by atoms with van der Waals surface area (Å²) in [6.45, 7) is 7.25. The smallest absolute Gasteiger partial charge is 0.303 e. The molecule has 0 aromatic rings. The van der Waals surface area contributed by atoms with Crippen molar-refractivity contribution < 1.29 is 9.90 Å². The predicted octanol–water partition coefficient (Wildman–Crippen LogP) is 6.01. The van der Waals surface area contributed by atoms with Gasteiger partial charge in [0.05, 0.1) is 0 Å². The normalized spacial score (nSPS) is 44.7. The predicted molar refractivity (Wildman–Crippen MR) is 106 cm³/mol. The van der Waals surface area contributed by atoms with E-state index in [1.165, 1.54) is 32.1 Å². The Morgan fingerprint density at radius 1 is 1.31 bits per heavy atom. The van der Waals surface area contributed by atoms with Crippen LogP contribution in [0.2, 0.25) is 0 Å². The van der Waals surface area contributed by atoms with Gasteiger partial charge in [-0.05, 0) is 73.0 Å². The molecule has 4 rings (SSSR count). The Morgan fingerprint density at radius 3 is 2.88 bits per heavy atom. The molecule has 0 radical (unpaired) electrons. The van der Waals surface area contributed by atoms with Crippen LogP contribution < -0.4 is 0 Å². The zero-order valence-electron chi connectivity index (χ0n) is 16.6. The molecule has 2 nitrogen and oxygen atoms in total. The monoisotopic (exact) mass is 354 g/mol. The second-order valence-corrected chi connectivity index (χ2v) is 9.87. The maximum Gasteiger partial charge on any atom is 0.303 e. The van der Waals surface area contributed by atoms with Gasteiger partial charge in [0.2, 0.25) is 0 Å². The number of aliphatic carboxylic acids is 1. The molecular weight excluding hydrogens is 320 g/mol. The highest BCUT2D eigenvalue weighted by Gasteiger charge is 2.55. The van der Waals surface area contributed by atoms with E-state index in [0.717, 1.165) is 6.42 Å². The molecule has 0 aromatic heterocycles. The van der Waals surface area contributed by atoms with Crippen LogP contribution in [0.3, 0.4) is 0 Å². The summed E-state index contributed by atoms with van der Waals surface area (Å²) in [6.07, 6.45) is 19.9. The van der Waals surface area contributed by atoms with Gasteiger partial charge >= 0.3 is 5.97 Å². The van der Waals surface area contributed by atoms with Crippen LogP contribution in [0.5, 0.6) is 0 Å². The number of fused-ring (bicyclic) bond motifs is 5. The molecule has 0 bridgehead atoms. The van der Waals surface area contributed by atoms with Crippen molar-refractivity contribution in [2.75, 3.05) is 0 Å². The van der Waals surface area contributed by atoms with Crippen LogP contribution >= 0.6 is 0 Å². The quantitative estimate of drug-likeness (QED) is 0.628. The highest BCUT2D eigenvalue weighted by Crippen LogP contribution is 2.63. The zero-order valence-corrected chi connectivity index (χ0v) is 16.6. The average Bonchev–Trinajstić information content (AvgIpc) is 2.96. The molecule has 0 saturated heterocycles. The van der Waals surface area contributed by atoms with Crippen LogP contribution in [0.4, 0.5) is 0 Å². The second-order valence-electron chi connectivity index (χ2n) is 9.87. The minimum atomic E-state index is -0.657. The molecule has 0 aliphatic heterocycles. The van der Waals surface area contributed by atoms with Crippen LogP contribution in [0.15, 0.2) is 36.0 Å². The van der Waals surface area contributed by atoms with Gasteiger partial charge in [0.25, 0.3) is 0 Å². The SMILES string of the molecule is C[C@H](CCC(=O)O)[C@H]1CC[C@H]2C3=CCC4C=CCC[C@]4(C)[C@H]3C=C[C@]12C. The van der Waals surface area contributed by atoms with Gasteiger partial charge in [-0.1, -0.05) is 56.7 Å². The first-order valence-electron chi connectivity index (χ1n) is 10.6. The summed E-state index contributed by atoms with van der Waals surface area (Å²) >= 11 is 0. The van der Waals surface area contributed by atoms with Gasteiger partial charge < -0.3 is 5.11 Å². The largest absolute Gasteiger partial charge is 0.481 e. The average molecular weight is 355 g/mol. The van der Waals surface area contributed by atoms with Crippen molar-refractivity contribution in [2.24, 2.45) is 40.4 Å². The van der Waals surface area contributed by atoms with Gasteiger partial charge in [-0.25, -0.2) is 0 Å². The summed E-state index contributed by atoms with van der Waals surface area (Å²) in [7, 11) is 0. The third kappa shape index (κ3) is 2.63. The fourth-order valence-corrected chi connectivity index (χ4v) is 7.00. The molecule has 1 N–H and O–H groups in total. The van der Waals surface area contributed by atoms with E-state index in [9.17, 15) is 4.79 Å². The number of carboxylic acid groups (broad SMARTS) is 1. The molecule has 0 amide bonds. The lowest BCUT2D eigenvalue weighted by atomic mass is 9.51. The number of hydrogen-bond acceptors (Lipinski definition) is 1. The van der Waals surface area contributed by atoms with E-state index in [1.807, 2.05) is 0 Å². The van der Waals surface area contributed by atoms with Gasteiger partial charge in [0, 0.05) is 12.3 Å². The van der Waals surface area contributed by atoms with Gasteiger partial charge in [-0.2, -0.15) is 0 Å². The number of rotatable bonds is 4.